The molecule has 1 rings (SSSR count). The Hall–Kier alpha value is -0.520. The second-order valence-electron chi connectivity index (χ2n) is 6.47. The largest absolute Gasteiger partial charge is 0.0887 e. The molecule has 3 atom stereocenters. The number of rotatable bonds is 5. The van der Waals surface area contributed by atoms with E-state index in [-0.39, 0.29) is 0 Å². The molecule has 18 heavy (non-hydrogen) atoms. The average molecular weight is 248 g/mol. The third-order valence-electron chi connectivity index (χ3n) is 4.99. The summed E-state index contributed by atoms with van der Waals surface area (Å²) in [5.74, 6) is 1.75. The van der Waals surface area contributed by atoms with Crippen LogP contribution in [0.25, 0.3) is 0 Å². The smallest absolute Gasteiger partial charge is 0.0116 e. The maximum Gasteiger partial charge on any atom is -0.0116 e. The van der Waals surface area contributed by atoms with E-state index >= 15 is 0 Å². The number of hydrogen-bond acceptors (Lipinski definition) is 0. The highest BCUT2D eigenvalue weighted by molar-refractivity contribution is 5.05. The fraction of sp³-hybridized carbons (Fsp3) is 0.778. The highest BCUT2D eigenvalue weighted by Gasteiger charge is 2.37. The van der Waals surface area contributed by atoms with Gasteiger partial charge in [0.25, 0.3) is 0 Å². The van der Waals surface area contributed by atoms with E-state index in [9.17, 15) is 0 Å². The fourth-order valence-corrected chi connectivity index (χ4v) is 3.58. The SMILES string of the molecule is C/C=C(\C)CCC1C(C)CCCC1(C)/C=C/CC. The number of hydrogen-bond donors (Lipinski definition) is 0. The summed E-state index contributed by atoms with van der Waals surface area (Å²) in [6.45, 7) is 11.6. The van der Waals surface area contributed by atoms with Crippen molar-refractivity contribution >= 4 is 0 Å². The van der Waals surface area contributed by atoms with Gasteiger partial charge in [-0.3, -0.25) is 0 Å². The van der Waals surface area contributed by atoms with Crippen LogP contribution in [-0.4, -0.2) is 0 Å². The Kier molecular flexibility index (Phi) is 6.18. The minimum absolute atomic E-state index is 0.446. The first-order valence-electron chi connectivity index (χ1n) is 7.83. The van der Waals surface area contributed by atoms with E-state index in [0.29, 0.717) is 5.41 Å². The van der Waals surface area contributed by atoms with Gasteiger partial charge in [-0.2, -0.15) is 0 Å². The molecule has 3 unspecified atom stereocenters. The minimum atomic E-state index is 0.446. The van der Waals surface area contributed by atoms with Crippen molar-refractivity contribution in [3.05, 3.63) is 23.8 Å². The van der Waals surface area contributed by atoms with Crippen LogP contribution in [0.3, 0.4) is 0 Å². The van der Waals surface area contributed by atoms with Crippen LogP contribution in [-0.2, 0) is 0 Å². The molecule has 0 aromatic rings. The van der Waals surface area contributed by atoms with E-state index in [2.05, 4.69) is 52.8 Å². The summed E-state index contributed by atoms with van der Waals surface area (Å²) >= 11 is 0. The molecule has 0 nitrogen and oxygen atoms in total. The lowest BCUT2D eigenvalue weighted by Gasteiger charge is -2.44. The molecule has 104 valence electrons. The van der Waals surface area contributed by atoms with Crippen molar-refractivity contribution in [3.63, 3.8) is 0 Å². The predicted molar refractivity (Wildman–Crippen MR) is 82.7 cm³/mol. The van der Waals surface area contributed by atoms with Crippen molar-refractivity contribution < 1.29 is 0 Å². The molecule has 1 aliphatic rings. The quantitative estimate of drug-likeness (QED) is 0.512. The lowest BCUT2D eigenvalue weighted by atomic mass is 9.61. The molecule has 0 saturated heterocycles. The second kappa shape index (κ2) is 7.16. The zero-order chi connectivity index (χ0) is 13.6. The molecule has 1 aliphatic carbocycles. The van der Waals surface area contributed by atoms with Crippen LogP contribution in [0.15, 0.2) is 23.8 Å². The Morgan fingerprint density at radius 1 is 1.39 bits per heavy atom. The molecule has 0 heteroatoms. The van der Waals surface area contributed by atoms with Crippen molar-refractivity contribution in [2.75, 3.05) is 0 Å². The van der Waals surface area contributed by atoms with E-state index < -0.39 is 0 Å². The summed E-state index contributed by atoms with van der Waals surface area (Å²) < 4.78 is 0. The summed E-state index contributed by atoms with van der Waals surface area (Å²) in [6.07, 6.45) is 15.2. The van der Waals surface area contributed by atoms with E-state index in [4.69, 9.17) is 0 Å². The molecule has 0 aromatic carbocycles. The summed E-state index contributed by atoms with van der Waals surface area (Å²) in [6, 6.07) is 0. The molecule has 0 heterocycles. The third-order valence-corrected chi connectivity index (χ3v) is 4.99. The Labute approximate surface area is 115 Å². The Morgan fingerprint density at radius 2 is 2.11 bits per heavy atom. The monoisotopic (exact) mass is 248 g/mol. The lowest BCUT2D eigenvalue weighted by molar-refractivity contribution is 0.103. The molecule has 0 aromatic heterocycles. The first kappa shape index (κ1) is 15.5. The van der Waals surface area contributed by atoms with Gasteiger partial charge in [0.1, 0.15) is 0 Å². The first-order valence-corrected chi connectivity index (χ1v) is 7.83. The maximum atomic E-state index is 2.53. The number of allylic oxidation sites excluding steroid dienone is 4. The highest BCUT2D eigenvalue weighted by Crippen LogP contribution is 2.47. The standard InChI is InChI=1S/C18H32/c1-6-8-13-18(5)14-9-10-16(4)17(18)12-11-15(3)7-2/h7-8,13,16-17H,6,9-12,14H2,1-5H3/b13-8+,15-7+. The van der Waals surface area contributed by atoms with Crippen molar-refractivity contribution in [3.8, 4) is 0 Å². The summed E-state index contributed by atoms with van der Waals surface area (Å²) in [4.78, 5) is 0. The predicted octanol–water partition coefficient (Wildman–Crippen LogP) is 6.14. The molecule has 0 radical (unpaired) electrons. The summed E-state index contributed by atoms with van der Waals surface area (Å²) in [5, 5.41) is 0. The molecule has 0 aliphatic heterocycles. The normalized spacial score (nSPS) is 34.2. The van der Waals surface area contributed by atoms with Crippen molar-refractivity contribution in [1.82, 2.24) is 0 Å². The van der Waals surface area contributed by atoms with Gasteiger partial charge in [0.2, 0.25) is 0 Å². The van der Waals surface area contributed by atoms with E-state index in [1.165, 1.54) is 38.5 Å². The highest BCUT2D eigenvalue weighted by atomic mass is 14.4. The Morgan fingerprint density at radius 3 is 2.72 bits per heavy atom. The minimum Gasteiger partial charge on any atom is -0.0887 e. The van der Waals surface area contributed by atoms with Gasteiger partial charge in [0.15, 0.2) is 0 Å². The van der Waals surface area contributed by atoms with Gasteiger partial charge in [-0.15, -0.1) is 0 Å². The van der Waals surface area contributed by atoms with Crippen LogP contribution >= 0.6 is 0 Å². The zero-order valence-electron chi connectivity index (χ0n) is 13.1. The molecule has 0 bridgehead atoms. The van der Waals surface area contributed by atoms with E-state index in [0.717, 1.165) is 11.8 Å². The topological polar surface area (TPSA) is 0 Å². The van der Waals surface area contributed by atoms with Crippen LogP contribution < -0.4 is 0 Å². The van der Waals surface area contributed by atoms with Gasteiger partial charge in [-0.1, -0.05) is 57.4 Å². The molecule has 0 amide bonds. The van der Waals surface area contributed by atoms with E-state index in [1.807, 2.05) is 0 Å². The Balaban J connectivity index is 2.75. The summed E-state index contributed by atoms with van der Waals surface area (Å²) in [5.41, 5.74) is 2.00. The van der Waals surface area contributed by atoms with Crippen LogP contribution in [0.2, 0.25) is 0 Å². The van der Waals surface area contributed by atoms with Crippen LogP contribution in [0, 0.1) is 17.3 Å². The van der Waals surface area contributed by atoms with Crippen molar-refractivity contribution in [2.45, 2.75) is 73.1 Å². The molecular weight excluding hydrogens is 216 g/mol. The van der Waals surface area contributed by atoms with Crippen molar-refractivity contribution in [1.29, 1.82) is 0 Å². The van der Waals surface area contributed by atoms with Gasteiger partial charge in [0.05, 0.1) is 0 Å². The van der Waals surface area contributed by atoms with Crippen LogP contribution in [0.1, 0.15) is 73.1 Å². The van der Waals surface area contributed by atoms with Gasteiger partial charge in [-0.05, 0) is 56.8 Å². The van der Waals surface area contributed by atoms with Gasteiger partial charge < -0.3 is 0 Å². The second-order valence-corrected chi connectivity index (χ2v) is 6.47. The zero-order valence-corrected chi connectivity index (χ0v) is 13.1. The van der Waals surface area contributed by atoms with Gasteiger partial charge in [-0.25, -0.2) is 0 Å². The maximum absolute atomic E-state index is 2.53. The third kappa shape index (κ3) is 4.00. The van der Waals surface area contributed by atoms with Crippen LogP contribution in [0.5, 0.6) is 0 Å². The molecule has 1 saturated carbocycles. The fourth-order valence-electron chi connectivity index (χ4n) is 3.58. The molecule has 0 spiro atoms. The van der Waals surface area contributed by atoms with Crippen molar-refractivity contribution in [2.24, 2.45) is 17.3 Å². The molecule has 1 fully saturated rings. The lowest BCUT2D eigenvalue weighted by Crippen LogP contribution is -2.34. The summed E-state index contributed by atoms with van der Waals surface area (Å²) in [7, 11) is 0. The average Bonchev–Trinajstić information content (AvgIpc) is 2.35. The van der Waals surface area contributed by atoms with E-state index in [1.54, 1.807) is 5.57 Å². The Bertz CT molecular complexity index is 297. The van der Waals surface area contributed by atoms with Crippen LogP contribution in [0.4, 0.5) is 0 Å². The molecule has 0 N–H and O–H groups in total. The first-order chi connectivity index (χ1) is 8.53. The molecular formula is C18H32. The van der Waals surface area contributed by atoms with Gasteiger partial charge >= 0.3 is 0 Å². The van der Waals surface area contributed by atoms with Gasteiger partial charge in [0, 0.05) is 0 Å².